The van der Waals surface area contributed by atoms with E-state index >= 15 is 0 Å². The summed E-state index contributed by atoms with van der Waals surface area (Å²) in [5, 5.41) is 6.04. The molecule has 1 aromatic carbocycles. The molecule has 176 valence electrons. The number of ether oxygens (including phenoxy) is 1. The molecule has 1 amide bonds. The van der Waals surface area contributed by atoms with E-state index in [9.17, 15) is 9.59 Å². The molecule has 5 rings (SSSR count). The Morgan fingerprint density at radius 1 is 1.24 bits per heavy atom. The Balaban J connectivity index is 1.55. The molecule has 0 unspecified atom stereocenters. The monoisotopic (exact) mass is 451 g/mol. The molecule has 2 aliphatic rings. The van der Waals surface area contributed by atoms with Gasteiger partial charge in [-0.15, -0.1) is 0 Å². The van der Waals surface area contributed by atoms with E-state index in [0.717, 1.165) is 67.3 Å². The minimum Gasteiger partial charge on any atom is -0.381 e. The maximum Gasteiger partial charge on any atom is 0.259 e. The van der Waals surface area contributed by atoms with Gasteiger partial charge in [-0.1, -0.05) is 6.92 Å². The summed E-state index contributed by atoms with van der Waals surface area (Å²) in [6, 6.07) is 4.50. The number of carbonyl (C=O) groups is 1. The maximum absolute atomic E-state index is 13.6. The number of H-pyrrole nitrogens is 1. The maximum atomic E-state index is 13.6. The lowest BCUT2D eigenvalue weighted by Gasteiger charge is -2.24. The Bertz CT molecular complexity index is 1240. The number of nitrogens with zero attached hydrogens (tertiary/aromatic N) is 4. The predicted octanol–water partition coefficient (Wildman–Crippen LogP) is 3.09. The summed E-state index contributed by atoms with van der Waals surface area (Å²) in [5.41, 5.74) is 3.00. The number of benzene rings is 1. The standard InChI is InChI=1S/C25H33N5O3/c1-4-8-28(3)18-5-9-29(15-18)25(32)19-13-20-22(12-16(19)2)27-24(31)21-14-26-30(23(20)21)17-6-10-33-11-7-17/h12-14,17-18H,4-11,15H2,1-3H3,(H,27,31)/t18-/m0/s1. The van der Waals surface area contributed by atoms with Crippen molar-refractivity contribution in [3.05, 3.63) is 39.8 Å². The fourth-order valence-corrected chi connectivity index (χ4v) is 5.42. The van der Waals surface area contributed by atoms with Crippen LogP contribution < -0.4 is 5.56 Å². The van der Waals surface area contributed by atoms with E-state index in [1.165, 1.54) is 0 Å². The van der Waals surface area contributed by atoms with Gasteiger partial charge in [0, 0.05) is 43.3 Å². The first-order chi connectivity index (χ1) is 16.0. The number of carbonyl (C=O) groups excluding carboxylic acids is 1. The molecule has 0 aliphatic carbocycles. The molecule has 3 aromatic rings. The predicted molar refractivity (Wildman–Crippen MR) is 129 cm³/mol. The van der Waals surface area contributed by atoms with Crippen molar-refractivity contribution in [3.8, 4) is 0 Å². The van der Waals surface area contributed by atoms with Gasteiger partial charge in [-0.3, -0.25) is 14.3 Å². The first kappa shape index (κ1) is 22.1. The summed E-state index contributed by atoms with van der Waals surface area (Å²) in [5.74, 6) is 0.0679. The van der Waals surface area contributed by atoms with Gasteiger partial charge in [0.2, 0.25) is 0 Å². The zero-order chi connectivity index (χ0) is 23.1. The minimum absolute atomic E-state index is 0.0679. The van der Waals surface area contributed by atoms with E-state index in [-0.39, 0.29) is 17.5 Å². The van der Waals surface area contributed by atoms with Gasteiger partial charge in [0.15, 0.2) is 0 Å². The van der Waals surface area contributed by atoms with Crippen LogP contribution in [0.15, 0.2) is 23.1 Å². The van der Waals surface area contributed by atoms with Crippen LogP contribution in [0.5, 0.6) is 0 Å². The number of nitrogens with one attached hydrogen (secondary N) is 1. The number of fused-ring (bicyclic) bond motifs is 3. The number of aryl methyl sites for hydroxylation is 1. The van der Waals surface area contributed by atoms with Crippen LogP contribution in [0, 0.1) is 6.92 Å². The zero-order valence-electron chi connectivity index (χ0n) is 19.8. The molecule has 1 N–H and O–H groups in total. The lowest BCUT2D eigenvalue weighted by molar-refractivity contribution is 0.0675. The number of pyridine rings is 1. The molecule has 0 saturated carbocycles. The second kappa shape index (κ2) is 8.91. The van der Waals surface area contributed by atoms with Crippen molar-refractivity contribution in [1.82, 2.24) is 24.6 Å². The Hall–Kier alpha value is -2.71. The topological polar surface area (TPSA) is 83.5 Å². The fraction of sp³-hybridized carbons (Fsp3) is 0.560. The van der Waals surface area contributed by atoms with Crippen molar-refractivity contribution in [2.75, 3.05) is 39.9 Å². The highest BCUT2D eigenvalue weighted by Crippen LogP contribution is 2.30. The smallest absolute Gasteiger partial charge is 0.259 e. The van der Waals surface area contributed by atoms with Crippen LogP contribution in [0.1, 0.15) is 54.6 Å². The van der Waals surface area contributed by atoms with Gasteiger partial charge in [-0.05, 0) is 63.9 Å². The van der Waals surface area contributed by atoms with Crippen LogP contribution in [0.3, 0.4) is 0 Å². The Morgan fingerprint density at radius 2 is 2.03 bits per heavy atom. The molecular weight excluding hydrogens is 418 g/mol. The highest BCUT2D eigenvalue weighted by molar-refractivity contribution is 6.07. The third-order valence-corrected chi connectivity index (χ3v) is 7.33. The summed E-state index contributed by atoms with van der Waals surface area (Å²) in [6.07, 6.45) is 5.49. The Morgan fingerprint density at radius 3 is 2.79 bits per heavy atom. The van der Waals surface area contributed by atoms with Crippen LogP contribution in [0.2, 0.25) is 0 Å². The molecule has 0 bridgehead atoms. The molecule has 0 spiro atoms. The summed E-state index contributed by atoms with van der Waals surface area (Å²) < 4.78 is 7.50. The molecule has 2 aromatic heterocycles. The lowest BCUT2D eigenvalue weighted by atomic mass is 10.0. The van der Waals surface area contributed by atoms with Crippen molar-refractivity contribution >= 4 is 27.7 Å². The molecule has 2 fully saturated rings. The third kappa shape index (κ3) is 3.95. The van der Waals surface area contributed by atoms with Crippen molar-refractivity contribution in [2.45, 2.75) is 51.6 Å². The van der Waals surface area contributed by atoms with E-state index in [1.807, 2.05) is 28.6 Å². The number of rotatable bonds is 5. The van der Waals surface area contributed by atoms with Gasteiger partial charge in [-0.2, -0.15) is 5.10 Å². The van der Waals surface area contributed by atoms with Crippen molar-refractivity contribution in [3.63, 3.8) is 0 Å². The van der Waals surface area contributed by atoms with Gasteiger partial charge >= 0.3 is 0 Å². The molecule has 2 saturated heterocycles. The Kier molecular flexibility index (Phi) is 5.97. The van der Waals surface area contributed by atoms with Crippen LogP contribution >= 0.6 is 0 Å². The molecule has 1 atom stereocenters. The van der Waals surface area contributed by atoms with E-state index in [0.29, 0.717) is 30.2 Å². The van der Waals surface area contributed by atoms with Crippen molar-refractivity contribution in [1.29, 1.82) is 0 Å². The number of likely N-dealkylation sites (tertiary alicyclic amines) is 1. The van der Waals surface area contributed by atoms with E-state index < -0.39 is 0 Å². The van der Waals surface area contributed by atoms with Crippen LogP contribution in [0.25, 0.3) is 21.8 Å². The van der Waals surface area contributed by atoms with E-state index in [2.05, 4.69) is 29.0 Å². The summed E-state index contributed by atoms with van der Waals surface area (Å²) in [6.45, 7) is 8.09. The number of aromatic amines is 1. The van der Waals surface area contributed by atoms with Gasteiger partial charge in [-0.25, -0.2) is 0 Å². The van der Waals surface area contributed by atoms with Gasteiger partial charge in [0.25, 0.3) is 11.5 Å². The second-order valence-electron chi connectivity index (χ2n) is 9.54. The largest absolute Gasteiger partial charge is 0.381 e. The number of aromatic nitrogens is 3. The normalized spacial score (nSPS) is 19.9. The van der Waals surface area contributed by atoms with Crippen LogP contribution in [-0.2, 0) is 4.74 Å². The second-order valence-corrected chi connectivity index (χ2v) is 9.54. The summed E-state index contributed by atoms with van der Waals surface area (Å²) in [7, 11) is 2.15. The van der Waals surface area contributed by atoms with Gasteiger partial charge in [0.05, 0.1) is 28.7 Å². The quantitative estimate of drug-likeness (QED) is 0.645. The average Bonchev–Trinajstić information content (AvgIpc) is 3.48. The molecule has 0 radical (unpaired) electrons. The van der Waals surface area contributed by atoms with Crippen molar-refractivity contribution < 1.29 is 9.53 Å². The number of likely N-dealkylation sites (N-methyl/N-ethyl adjacent to an activating group) is 1. The summed E-state index contributed by atoms with van der Waals surface area (Å²) >= 11 is 0. The first-order valence-corrected chi connectivity index (χ1v) is 12.1. The molecule has 4 heterocycles. The minimum atomic E-state index is -0.143. The summed E-state index contributed by atoms with van der Waals surface area (Å²) in [4.78, 5) is 33.7. The van der Waals surface area contributed by atoms with E-state index in [4.69, 9.17) is 4.74 Å². The van der Waals surface area contributed by atoms with Crippen LogP contribution in [-0.4, -0.2) is 76.4 Å². The van der Waals surface area contributed by atoms with Gasteiger partial charge in [0.1, 0.15) is 0 Å². The molecule has 8 nitrogen and oxygen atoms in total. The lowest BCUT2D eigenvalue weighted by Crippen LogP contribution is -2.37. The highest BCUT2D eigenvalue weighted by atomic mass is 16.5. The molecule has 33 heavy (non-hydrogen) atoms. The number of amides is 1. The number of hydrogen-bond acceptors (Lipinski definition) is 5. The van der Waals surface area contributed by atoms with Crippen LogP contribution in [0.4, 0.5) is 0 Å². The van der Waals surface area contributed by atoms with Crippen molar-refractivity contribution in [2.24, 2.45) is 0 Å². The first-order valence-electron chi connectivity index (χ1n) is 12.1. The van der Waals surface area contributed by atoms with E-state index in [1.54, 1.807) is 6.20 Å². The fourth-order valence-electron chi connectivity index (χ4n) is 5.42. The SMILES string of the molecule is CCCN(C)[C@H]1CCN(C(=O)c2cc3c(cc2C)[nH]c(=O)c2cnn(C4CCOCC4)c23)C1. The molecular formula is C25H33N5O3. The number of hydrogen-bond donors (Lipinski definition) is 1. The molecule has 8 heteroatoms. The third-order valence-electron chi connectivity index (χ3n) is 7.33. The molecule has 2 aliphatic heterocycles. The zero-order valence-corrected chi connectivity index (χ0v) is 19.8. The average molecular weight is 452 g/mol. The highest BCUT2D eigenvalue weighted by Gasteiger charge is 2.30. The van der Waals surface area contributed by atoms with Gasteiger partial charge < -0.3 is 19.5 Å². The Labute approximate surface area is 193 Å².